The molecule has 39 heavy (non-hydrogen) atoms. The van der Waals surface area contributed by atoms with Crippen molar-refractivity contribution in [2.75, 3.05) is 10.6 Å². The van der Waals surface area contributed by atoms with Crippen LogP contribution in [0.3, 0.4) is 0 Å². The molecule has 3 amide bonds. The maximum Gasteiger partial charge on any atom is 0.416 e. The van der Waals surface area contributed by atoms with Crippen molar-refractivity contribution < 1.29 is 31.9 Å². The molecule has 0 radical (unpaired) electrons. The van der Waals surface area contributed by atoms with Crippen molar-refractivity contribution in [2.24, 2.45) is 5.73 Å². The molecule has 8 nitrogen and oxygen atoms in total. The van der Waals surface area contributed by atoms with E-state index in [1.165, 1.54) is 18.2 Å². The molecule has 1 heterocycles. The number of hydrogen-bond donors (Lipinski definition) is 3. The number of nitrogens with two attached hydrogens (primary N) is 2. The molecule has 1 saturated carbocycles. The zero-order chi connectivity index (χ0) is 28.3. The summed E-state index contributed by atoms with van der Waals surface area (Å²) >= 11 is 0.527. The number of carbonyl (C=O) groups excluding carboxylic acids is 3. The van der Waals surface area contributed by atoms with Crippen LogP contribution in [-0.2, 0) is 11.0 Å². The summed E-state index contributed by atoms with van der Waals surface area (Å²) in [5.74, 6) is -3.26. The molecule has 1 aromatic heterocycles. The van der Waals surface area contributed by atoms with Gasteiger partial charge in [-0.1, -0.05) is 37.5 Å². The van der Waals surface area contributed by atoms with Crippen LogP contribution in [0.25, 0.3) is 0 Å². The lowest BCUT2D eigenvalue weighted by molar-refractivity contribution is -0.137. The van der Waals surface area contributed by atoms with Crippen LogP contribution in [-0.4, -0.2) is 28.1 Å². The van der Waals surface area contributed by atoms with Crippen molar-refractivity contribution in [3.05, 3.63) is 76.0 Å². The van der Waals surface area contributed by atoms with Crippen LogP contribution < -0.4 is 21.7 Å². The molecule has 3 aromatic rings. The minimum Gasteiger partial charge on any atom is -0.395 e. The molecule has 1 aliphatic carbocycles. The van der Waals surface area contributed by atoms with E-state index in [4.69, 9.17) is 11.5 Å². The normalized spacial score (nSPS) is 15.0. The Balaban J connectivity index is 1.88. The van der Waals surface area contributed by atoms with Gasteiger partial charge in [0.2, 0.25) is 5.91 Å². The molecule has 1 aliphatic rings. The van der Waals surface area contributed by atoms with Crippen LogP contribution in [0, 0.1) is 5.82 Å². The smallest absolute Gasteiger partial charge is 0.395 e. The van der Waals surface area contributed by atoms with Crippen molar-refractivity contribution in [2.45, 2.75) is 50.4 Å². The Labute approximate surface area is 225 Å². The van der Waals surface area contributed by atoms with Gasteiger partial charge in [-0.2, -0.15) is 17.5 Å². The number of hydrogen-bond acceptors (Lipinski definition) is 6. The van der Waals surface area contributed by atoms with Gasteiger partial charge in [0.05, 0.1) is 11.3 Å². The molecule has 206 valence electrons. The van der Waals surface area contributed by atoms with Gasteiger partial charge >= 0.3 is 6.18 Å². The van der Waals surface area contributed by atoms with Crippen LogP contribution in [0.5, 0.6) is 0 Å². The molecule has 0 saturated heterocycles. The first-order valence-corrected chi connectivity index (χ1v) is 12.9. The van der Waals surface area contributed by atoms with Crippen LogP contribution in [0.2, 0.25) is 0 Å². The van der Waals surface area contributed by atoms with E-state index in [1.54, 1.807) is 0 Å². The molecule has 1 fully saturated rings. The fourth-order valence-electron chi connectivity index (χ4n) is 4.54. The third kappa shape index (κ3) is 6.19. The highest BCUT2D eigenvalue weighted by molar-refractivity contribution is 7.09. The number of halogens is 4. The fourth-order valence-corrected chi connectivity index (χ4v) is 5.29. The maximum atomic E-state index is 14.0. The second-order valence-corrected chi connectivity index (χ2v) is 9.93. The van der Waals surface area contributed by atoms with Gasteiger partial charge < -0.3 is 16.8 Å². The standard InChI is InChI=1S/C26H25F4N5O3S/c27-16-11-9-14(10-12-16)21(24(37)33-17-6-2-1-3-7-17)35(18-8-4-5-15(13-18)26(28,29)30)25(38)22-19(31)20(23(32)36)34-39-22/h4-5,8-13,17,21H,1-3,6-7,31H2,(H2,32,36)(H,33,37)/t21-/m1/s1. The summed E-state index contributed by atoms with van der Waals surface area (Å²) in [6, 6.07) is 6.90. The number of carbonyl (C=O) groups is 3. The van der Waals surface area contributed by atoms with Crippen LogP contribution in [0.4, 0.5) is 28.9 Å². The Morgan fingerprint density at radius 3 is 2.31 bits per heavy atom. The molecular formula is C26H25F4N5O3S. The Kier molecular flexibility index (Phi) is 8.19. The van der Waals surface area contributed by atoms with E-state index in [-0.39, 0.29) is 33.6 Å². The second kappa shape index (κ2) is 11.4. The van der Waals surface area contributed by atoms with Gasteiger partial charge in [-0.25, -0.2) is 4.39 Å². The third-order valence-electron chi connectivity index (χ3n) is 6.47. The van der Waals surface area contributed by atoms with Gasteiger partial charge in [0.1, 0.15) is 16.7 Å². The number of nitrogens with one attached hydrogen (secondary N) is 1. The van der Waals surface area contributed by atoms with Crippen LogP contribution in [0.15, 0.2) is 48.5 Å². The Hall–Kier alpha value is -4.00. The van der Waals surface area contributed by atoms with E-state index in [9.17, 15) is 31.9 Å². The number of nitrogen functional groups attached to an aromatic ring is 1. The minimum atomic E-state index is -4.75. The third-order valence-corrected chi connectivity index (χ3v) is 7.32. The number of amides is 3. The van der Waals surface area contributed by atoms with Crippen molar-refractivity contribution >= 4 is 40.6 Å². The minimum absolute atomic E-state index is 0.147. The average Bonchev–Trinajstić information content (AvgIpc) is 3.29. The highest BCUT2D eigenvalue weighted by atomic mass is 32.1. The lowest BCUT2D eigenvalue weighted by Crippen LogP contribution is -2.47. The molecule has 5 N–H and O–H groups in total. The van der Waals surface area contributed by atoms with E-state index < -0.39 is 41.3 Å². The number of nitrogens with zero attached hydrogens (tertiary/aromatic N) is 2. The quantitative estimate of drug-likeness (QED) is 0.355. The predicted octanol–water partition coefficient (Wildman–Crippen LogP) is 4.82. The molecule has 1 atom stereocenters. The zero-order valence-corrected chi connectivity index (χ0v) is 21.3. The van der Waals surface area contributed by atoms with E-state index in [0.717, 1.165) is 54.5 Å². The lowest BCUT2D eigenvalue weighted by atomic mass is 9.94. The van der Waals surface area contributed by atoms with Gasteiger partial charge in [-0.3, -0.25) is 19.3 Å². The van der Waals surface area contributed by atoms with E-state index in [2.05, 4.69) is 9.69 Å². The first-order chi connectivity index (χ1) is 18.5. The summed E-state index contributed by atoms with van der Waals surface area (Å²) in [4.78, 5) is 40.0. The highest BCUT2D eigenvalue weighted by Crippen LogP contribution is 2.37. The van der Waals surface area contributed by atoms with Crippen molar-refractivity contribution in [3.63, 3.8) is 0 Å². The predicted molar refractivity (Wildman–Crippen MR) is 137 cm³/mol. The number of benzene rings is 2. The van der Waals surface area contributed by atoms with Crippen LogP contribution >= 0.6 is 11.5 Å². The van der Waals surface area contributed by atoms with E-state index >= 15 is 0 Å². The van der Waals surface area contributed by atoms with Gasteiger partial charge in [-0.05, 0) is 60.3 Å². The molecule has 0 aliphatic heterocycles. The van der Waals surface area contributed by atoms with Crippen LogP contribution in [0.1, 0.15) is 69.4 Å². The van der Waals surface area contributed by atoms with Gasteiger partial charge in [0.25, 0.3) is 11.8 Å². The molecule has 0 bridgehead atoms. The van der Waals surface area contributed by atoms with Crippen molar-refractivity contribution in [3.8, 4) is 0 Å². The summed E-state index contributed by atoms with van der Waals surface area (Å²) in [7, 11) is 0. The molecule has 0 spiro atoms. The number of primary amides is 1. The monoisotopic (exact) mass is 563 g/mol. The maximum absolute atomic E-state index is 14.0. The van der Waals surface area contributed by atoms with E-state index in [0.29, 0.717) is 24.4 Å². The van der Waals surface area contributed by atoms with Gasteiger partial charge in [0.15, 0.2) is 5.69 Å². The molecule has 4 rings (SSSR count). The summed E-state index contributed by atoms with van der Waals surface area (Å²) in [5.41, 5.74) is 9.33. The summed E-state index contributed by atoms with van der Waals surface area (Å²) in [5, 5.41) is 2.91. The van der Waals surface area contributed by atoms with Gasteiger partial charge in [-0.15, -0.1) is 0 Å². The summed E-state index contributed by atoms with van der Waals surface area (Å²) in [6.07, 6.45) is -0.573. The second-order valence-electron chi connectivity index (χ2n) is 9.16. The first-order valence-electron chi connectivity index (χ1n) is 12.1. The number of rotatable bonds is 7. The Bertz CT molecular complexity index is 1370. The van der Waals surface area contributed by atoms with Crippen molar-refractivity contribution in [1.29, 1.82) is 0 Å². The topological polar surface area (TPSA) is 131 Å². The number of anilines is 2. The summed E-state index contributed by atoms with van der Waals surface area (Å²) in [6.45, 7) is 0. The van der Waals surface area contributed by atoms with Gasteiger partial charge in [0, 0.05) is 11.7 Å². The highest BCUT2D eigenvalue weighted by Gasteiger charge is 2.38. The van der Waals surface area contributed by atoms with Crippen molar-refractivity contribution in [1.82, 2.24) is 9.69 Å². The lowest BCUT2D eigenvalue weighted by Gasteiger charge is -2.33. The SMILES string of the molecule is NC(=O)c1nsc(C(=O)N(c2cccc(C(F)(F)F)c2)[C@@H](C(=O)NC2CCCCC2)c2ccc(F)cc2)c1N. The fraction of sp³-hybridized carbons (Fsp3) is 0.308. The zero-order valence-electron chi connectivity index (χ0n) is 20.5. The molecular weight excluding hydrogens is 538 g/mol. The Morgan fingerprint density at radius 2 is 1.72 bits per heavy atom. The first kappa shape index (κ1) is 28.0. The molecule has 0 unspecified atom stereocenters. The molecule has 13 heteroatoms. The summed E-state index contributed by atoms with van der Waals surface area (Å²) < 4.78 is 58.6. The number of alkyl halides is 3. The largest absolute Gasteiger partial charge is 0.416 e. The Morgan fingerprint density at radius 1 is 1.05 bits per heavy atom. The molecule has 2 aromatic carbocycles. The number of aromatic nitrogens is 1. The van der Waals surface area contributed by atoms with E-state index in [1.807, 2.05) is 0 Å². The average molecular weight is 564 g/mol.